The Morgan fingerprint density at radius 1 is 1.67 bits per heavy atom. The molecule has 0 spiro atoms. The Morgan fingerprint density at radius 3 is 2.75 bits per heavy atom. The van der Waals surface area contributed by atoms with Crippen molar-refractivity contribution in [2.45, 2.75) is 26.4 Å². The van der Waals surface area contributed by atoms with Crippen LogP contribution in [0, 0.1) is 5.92 Å². The van der Waals surface area contributed by atoms with Gasteiger partial charge in [-0.3, -0.25) is 9.59 Å². The van der Waals surface area contributed by atoms with E-state index in [-0.39, 0.29) is 17.9 Å². The molecule has 3 heteroatoms. The third-order valence-electron chi connectivity index (χ3n) is 1.92. The summed E-state index contributed by atoms with van der Waals surface area (Å²) in [7, 11) is 0. The van der Waals surface area contributed by atoms with Crippen LogP contribution in [0.1, 0.15) is 20.3 Å². The van der Waals surface area contributed by atoms with E-state index in [0.29, 0.717) is 6.42 Å². The monoisotopic (exact) mass is 168 g/mol. The number of ether oxygens (including phenoxy) is 1. The summed E-state index contributed by atoms with van der Waals surface area (Å²) in [6.45, 7) is 3.28. The Balaban J connectivity index is 2.62. The fraction of sp³-hybridized carbons (Fsp3) is 0.556. The van der Waals surface area contributed by atoms with Crippen LogP contribution in [0.4, 0.5) is 0 Å². The molecule has 1 aliphatic rings. The summed E-state index contributed by atoms with van der Waals surface area (Å²) < 4.78 is 4.93. The normalized spacial score (nSPS) is 29.3. The highest BCUT2D eigenvalue weighted by molar-refractivity contribution is 5.99. The van der Waals surface area contributed by atoms with E-state index < -0.39 is 5.92 Å². The van der Waals surface area contributed by atoms with Crippen molar-refractivity contribution in [3.63, 3.8) is 0 Å². The summed E-state index contributed by atoms with van der Waals surface area (Å²) in [6.07, 6.45) is 3.91. The largest absolute Gasteiger partial charge is 0.458 e. The molecular formula is C9H12O3. The van der Waals surface area contributed by atoms with Gasteiger partial charge in [-0.05, 0) is 19.9 Å². The predicted molar refractivity (Wildman–Crippen MR) is 43.5 cm³/mol. The molecule has 1 aliphatic heterocycles. The maximum Gasteiger partial charge on any atom is 0.317 e. The van der Waals surface area contributed by atoms with Crippen molar-refractivity contribution in [2.24, 2.45) is 5.92 Å². The lowest BCUT2D eigenvalue weighted by Gasteiger charge is -1.99. The van der Waals surface area contributed by atoms with Crippen molar-refractivity contribution in [3.8, 4) is 0 Å². The molecule has 3 nitrogen and oxygen atoms in total. The number of hydrogen-bond donors (Lipinski definition) is 0. The summed E-state index contributed by atoms with van der Waals surface area (Å²) >= 11 is 0. The molecule has 1 saturated heterocycles. The third kappa shape index (κ3) is 1.72. The summed E-state index contributed by atoms with van der Waals surface area (Å²) in [5.74, 6) is -1.02. The van der Waals surface area contributed by atoms with Gasteiger partial charge >= 0.3 is 5.97 Å². The van der Waals surface area contributed by atoms with Gasteiger partial charge in [0.2, 0.25) is 0 Å². The Bertz CT molecular complexity index is 230. The number of allylic oxidation sites excluding steroid dienone is 1. The minimum atomic E-state index is -0.536. The molecule has 2 atom stereocenters. The molecule has 66 valence electrons. The summed E-state index contributed by atoms with van der Waals surface area (Å²) in [5.41, 5.74) is 0. The van der Waals surface area contributed by atoms with Gasteiger partial charge in [0.15, 0.2) is 0 Å². The number of ketones is 1. The van der Waals surface area contributed by atoms with Crippen LogP contribution in [0.5, 0.6) is 0 Å². The molecule has 1 rings (SSSR count). The maximum atomic E-state index is 11.0. The Hall–Kier alpha value is -1.12. The molecule has 0 bridgehead atoms. The van der Waals surface area contributed by atoms with Gasteiger partial charge < -0.3 is 4.74 Å². The first-order valence-corrected chi connectivity index (χ1v) is 3.99. The summed E-state index contributed by atoms with van der Waals surface area (Å²) in [6, 6.07) is 0. The minimum Gasteiger partial charge on any atom is -0.458 e. The molecular weight excluding hydrogens is 156 g/mol. The topological polar surface area (TPSA) is 43.4 Å². The van der Waals surface area contributed by atoms with Gasteiger partial charge in [-0.15, -0.1) is 0 Å². The van der Waals surface area contributed by atoms with E-state index in [9.17, 15) is 9.59 Å². The third-order valence-corrected chi connectivity index (χ3v) is 1.92. The highest BCUT2D eigenvalue weighted by Crippen LogP contribution is 2.22. The van der Waals surface area contributed by atoms with Crippen LogP contribution < -0.4 is 0 Å². The zero-order chi connectivity index (χ0) is 9.14. The maximum absolute atomic E-state index is 11.0. The molecule has 2 unspecified atom stereocenters. The Labute approximate surface area is 71.4 Å². The van der Waals surface area contributed by atoms with Crippen molar-refractivity contribution in [3.05, 3.63) is 12.2 Å². The second kappa shape index (κ2) is 3.52. The first-order valence-electron chi connectivity index (χ1n) is 3.99. The lowest BCUT2D eigenvalue weighted by atomic mass is 10.0. The average Bonchev–Trinajstić information content (AvgIpc) is 2.32. The molecule has 0 saturated carbocycles. The van der Waals surface area contributed by atoms with E-state index in [2.05, 4.69) is 0 Å². The molecule has 1 fully saturated rings. The number of esters is 1. The molecule has 12 heavy (non-hydrogen) atoms. The van der Waals surface area contributed by atoms with Crippen LogP contribution in [0.2, 0.25) is 0 Å². The number of rotatable bonds is 2. The van der Waals surface area contributed by atoms with Crippen molar-refractivity contribution < 1.29 is 14.3 Å². The van der Waals surface area contributed by atoms with Crippen LogP contribution in [0.15, 0.2) is 12.2 Å². The second-order valence-electron chi connectivity index (χ2n) is 2.90. The van der Waals surface area contributed by atoms with Crippen molar-refractivity contribution in [1.82, 2.24) is 0 Å². The zero-order valence-electron chi connectivity index (χ0n) is 7.24. The fourth-order valence-corrected chi connectivity index (χ4v) is 1.27. The van der Waals surface area contributed by atoms with Gasteiger partial charge in [0.05, 0.1) is 0 Å². The number of hydrogen-bond acceptors (Lipinski definition) is 3. The second-order valence-corrected chi connectivity index (χ2v) is 2.90. The molecule has 0 radical (unpaired) electrons. The zero-order valence-corrected chi connectivity index (χ0v) is 7.24. The van der Waals surface area contributed by atoms with E-state index >= 15 is 0 Å². The van der Waals surface area contributed by atoms with Gasteiger partial charge in [-0.25, -0.2) is 0 Å². The van der Waals surface area contributed by atoms with Crippen molar-refractivity contribution >= 4 is 11.8 Å². The number of carbonyl (C=O) groups excluding carboxylic acids is 2. The molecule has 0 aromatic heterocycles. The number of cyclic esters (lactones) is 1. The van der Waals surface area contributed by atoms with E-state index in [1.165, 1.54) is 6.92 Å². The van der Waals surface area contributed by atoms with E-state index in [1.807, 2.05) is 13.0 Å². The highest BCUT2D eigenvalue weighted by atomic mass is 16.5. The first-order chi connectivity index (χ1) is 5.65. The first kappa shape index (κ1) is 8.97. The van der Waals surface area contributed by atoms with Crippen molar-refractivity contribution in [1.29, 1.82) is 0 Å². The van der Waals surface area contributed by atoms with E-state index in [4.69, 9.17) is 4.74 Å². The van der Waals surface area contributed by atoms with E-state index in [0.717, 1.165) is 0 Å². The van der Waals surface area contributed by atoms with Gasteiger partial charge in [0, 0.05) is 6.42 Å². The molecule has 0 N–H and O–H groups in total. The molecule has 0 amide bonds. The minimum absolute atomic E-state index is 0.105. The van der Waals surface area contributed by atoms with Crippen LogP contribution in [-0.4, -0.2) is 17.9 Å². The van der Waals surface area contributed by atoms with Gasteiger partial charge in [-0.2, -0.15) is 0 Å². The van der Waals surface area contributed by atoms with Gasteiger partial charge in [0.25, 0.3) is 0 Å². The summed E-state index contributed by atoms with van der Waals surface area (Å²) in [5, 5.41) is 0. The Morgan fingerprint density at radius 2 is 2.33 bits per heavy atom. The SMILES string of the molecule is C/C=C/C1CC(C(C)=O)C(=O)O1. The van der Waals surface area contributed by atoms with Gasteiger partial charge in [-0.1, -0.05) is 6.08 Å². The number of carbonyl (C=O) groups is 2. The van der Waals surface area contributed by atoms with Crippen LogP contribution in [0.25, 0.3) is 0 Å². The highest BCUT2D eigenvalue weighted by Gasteiger charge is 2.35. The fourth-order valence-electron chi connectivity index (χ4n) is 1.27. The Kier molecular flexibility index (Phi) is 2.63. The standard InChI is InChI=1S/C9H12O3/c1-3-4-7-5-8(6(2)10)9(11)12-7/h3-4,7-8H,5H2,1-2H3/b4-3+. The van der Waals surface area contributed by atoms with E-state index in [1.54, 1.807) is 6.08 Å². The quantitative estimate of drug-likeness (QED) is 0.352. The average molecular weight is 168 g/mol. The van der Waals surface area contributed by atoms with Crippen LogP contribution in [0.3, 0.4) is 0 Å². The van der Waals surface area contributed by atoms with Crippen LogP contribution in [-0.2, 0) is 14.3 Å². The molecule has 1 heterocycles. The van der Waals surface area contributed by atoms with Gasteiger partial charge in [0.1, 0.15) is 17.8 Å². The van der Waals surface area contributed by atoms with Crippen LogP contribution >= 0.6 is 0 Å². The molecule has 0 aromatic carbocycles. The predicted octanol–water partition coefficient (Wildman–Crippen LogP) is 1.08. The molecule has 0 aromatic rings. The van der Waals surface area contributed by atoms with Crippen molar-refractivity contribution in [2.75, 3.05) is 0 Å². The smallest absolute Gasteiger partial charge is 0.317 e. The number of Topliss-reactive ketones (excluding diaryl/α,β-unsaturated/α-hetero) is 1. The molecule has 0 aliphatic carbocycles. The lowest BCUT2D eigenvalue weighted by molar-refractivity contribution is -0.145. The summed E-state index contributed by atoms with van der Waals surface area (Å²) in [4.78, 5) is 21.9. The lowest BCUT2D eigenvalue weighted by Crippen LogP contribution is -2.15.